The molecule has 0 spiro atoms. The quantitative estimate of drug-likeness (QED) is 0.797. The molecule has 1 heterocycles. The van der Waals surface area contributed by atoms with E-state index >= 15 is 0 Å². The molecular formula is C11H17NO2S2. The Labute approximate surface area is 104 Å². The van der Waals surface area contributed by atoms with Crippen molar-refractivity contribution in [3.8, 4) is 0 Å². The molecule has 2 N–H and O–H groups in total. The van der Waals surface area contributed by atoms with Gasteiger partial charge in [0.2, 0.25) is 0 Å². The van der Waals surface area contributed by atoms with Gasteiger partial charge in [-0.15, -0.1) is 23.1 Å². The largest absolute Gasteiger partial charge is 0.468 e. The van der Waals surface area contributed by atoms with E-state index in [1.54, 1.807) is 23.1 Å². The van der Waals surface area contributed by atoms with Crippen LogP contribution in [0.2, 0.25) is 0 Å². The van der Waals surface area contributed by atoms with Gasteiger partial charge in [0, 0.05) is 10.9 Å². The number of thiophene rings is 1. The molecule has 16 heavy (non-hydrogen) atoms. The van der Waals surface area contributed by atoms with Crippen LogP contribution in [0.1, 0.15) is 23.5 Å². The van der Waals surface area contributed by atoms with Crippen molar-refractivity contribution in [1.82, 2.24) is 0 Å². The van der Waals surface area contributed by atoms with E-state index < -0.39 is 0 Å². The van der Waals surface area contributed by atoms with Gasteiger partial charge in [-0.25, -0.2) is 0 Å². The molecule has 3 nitrogen and oxygen atoms in total. The van der Waals surface area contributed by atoms with E-state index in [0.29, 0.717) is 5.75 Å². The Balaban J connectivity index is 2.62. The van der Waals surface area contributed by atoms with Gasteiger partial charge in [0.1, 0.15) is 0 Å². The number of hydrogen-bond donors (Lipinski definition) is 1. The van der Waals surface area contributed by atoms with Gasteiger partial charge in [-0.1, -0.05) is 13.0 Å². The number of carbonyl (C=O) groups is 1. The van der Waals surface area contributed by atoms with Gasteiger partial charge in [-0.3, -0.25) is 4.79 Å². The van der Waals surface area contributed by atoms with Gasteiger partial charge in [0.25, 0.3) is 0 Å². The molecule has 90 valence electrons. The second kappa shape index (κ2) is 6.93. The van der Waals surface area contributed by atoms with E-state index in [0.717, 1.165) is 6.42 Å². The molecule has 0 radical (unpaired) electrons. The molecule has 1 rings (SSSR count). The van der Waals surface area contributed by atoms with Crippen LogP contribution in [0.15, 0.2) is 17.5 Å². The van der Waals surface area contributed by atoms with Crippen molar-refractivity contribution in [1.29, 1.82) is 0 Å². The standard InChI is InChI=1S/C11H17NO2S2/c1-3-8(12)11(9-5-4-6-15-9)16-7-10(13)14-2/h4-6,8,11H,3,7,12H2,1-2H3. The summed E-state index contributed by atoms with van der Waals surface area (Å²) in [6.07, 6.45) is 0.900. The predicted molar refractivity (Wildman–Crippen MR) is 69.8 cm³/mol. The molecule has 2 unspecified atom stereocenters. The molecule has 0 bridgehead atoms. The molecule has 2 atom stereocenters. The Morgan fingerprint density at radius 3 is 2.94 bits per heavy atom. The maximum atomic E-state index is 11.1. The molecule has 0 saturated heterocycles. The minimum atomic E-state index is -0.199. The molecule has 0 aliphatic rings. The van der Waals surface area contributed by atoms with E-state index in [1.165, 1.54) is 12.0 Å². The fraction of sp³-hybridized carbons (Fsp3) is 0.545. The highest BCUT2D eigenvalue weighted by atomic mass is 32.2. The lowest BCUT2D eigenvalue weighted by Crippen LogP contribution is -2.26. The smallest absolute Gasteiger partial charge is 0.315 e. The molecule has 0 aliphatic heterocycles. The monoisotopic (exact) mass is 259 g/mol. The number of rotatable bonds is 6. The second-order valence-corrected chi connectivity index (χ2v) is 5.50. The summed E-state index contributed by atoms with van der Waals surface area (Å²) in [5.74, 6) is 0.155. The third kappa shape index (κ3) is 3.81. The Bertz CT molecular complexity index is 314. The van der Waals surface area contributed by atoms with Crippen molar-refractivity contribution >= 4 is 29.1 Å². The number of esters is 1. The molecular weight excluding hydrogens is 242 g/mol. The SMILES string of the molecule is CCC(N)C(SCC(=O)OC)c1cccs1. The average Bonchev–Trinajstić information content (AvgIpc) is 2.82. The van der Waals surface area contributed by atoms with Crippen LogP contribution >= 0.6 is 23.1 Å². The molecule has 5 heteroatoms. The summed E-state index contributed by atoms with van der Waals surface area (Å²) in [6, 6.07) is 4.15. The Hall–Kier alpha value is -0.520. The first kappa shape index (κ1) is 13.5. The summed E-state index contributed by atoms with van der Waals surface area (Å²) in [4.78, 5) is 12.3. The topological polar surface area (TPSA) is 52.3 Å². The number of carbonyl (C=O) groups excluding carboxylic acids is 1. The van der Waals surface area contributed by atoms with E-state index in [-0.39, 0.29) is 17.3 Å². The zero-order chi connectivity index (χ0) is 12.0. The minimum absolute atomic E-state index is 0.0771. The van der Waals surface area contributed by atoms with E-state index in [2.05, 4.69) is 17.7 Å². The molecule has 0 aliphatic carbocycles. The third-order valence-electron chi connectivity index (χ3n) is 2.29. The predicted octanol–water partition coefficient (Wildman–Crippen LogP) is 2.43. The molecule has 0 amide bonds. The van der Waals surface area contributed by atoms with Gasteiger partial charge in [-0.05, 0) is 17.9 Å². The second-order valence-electron chi connectivity index (χ2n) is 3.40. The number of nitrogens with two attached hydrogens (primary N) is 1. The summed E-state index contributed by atoms with van der Waals surface area (Å²) in [5, 5.41) is 2.22. The third-order valence-corrected chi connectivity index (χ3v) is 4.76. The Kier molecular flexibility index (Phi) is 5.87. The zero-order valence-electron chi connectivity index (χ0n) is 9.51. The van der Waals surface area contributed by atoms with E-state index in [4.69, 9.17) is 5.73 Å². The summed E-state index contributed by atoms with van der Waals surface area (Å²) in [5.41, 5.74) is 6.07. The molecule has 1 aromatic rings. The highest BCUT2D eigenvalue weighted by Crippen LogP contribution is 2.35. The van der Waals surface area contributed by atoms with Crippen LogP contribution < -0.4 is 5.73 Å². The van der Waals surface area contributed by atoms with Crippen molar-refractivity contribution in [2.45, 2.75) is 24.6 Å². The highest BCUT2D eigenvalue weighted by Gasteiger charge is 2.21. The maximum Gasteiger partial charge on any atom is 0.315 e. The van der Waals surface area contributed by atoms with Gasteiger partial charge in [0.05, 0.1) is 18.1 Å². The van der Waals surface area contributed by atoms with E-state index in [9.17, 15) is 4.79 Å². The molecule has 0 aromatic carbocycles. The normalized spacial score (nSPS) is 14.4. The summed E-state index contributed by atoms with van der Waals surface area (Å²) >= 11 is 3.24. The summed E-state index contributed by atoms with van der Waals surface area (Å²) in [7, 11) is 1.41. The van der Waals surface area contributed by atoms with Crippen molar-refractivity contribution in [3.05, 3.63) is 22.4 Å². The molecule has 1 aromatic heterocycles. The van der Waals surface area contributed by atoms with Crippen molar-refractivity contribution in [2.24, 2.45) is 5.73 Å². The van der Waals surface area contributed by atoms with Gasteiger partial charge in [-0.2, -0.15) is 0 Å². The lowest BCUT2D eigenvalue weighted by Gasteiger charge is -2.20. The van der Waals surface area contributed by atoms with Crippen LogP contribution in [0.25, 0.3) is 0 Å². The average molecular weight is 259 g/mol. The Morgan fingerprint density at radius 1 is 1.69 bits per heavy atom. The number of methoxy groups -OCH3 is 1. The van der Waals surface area contributed by atoms with Crippen LogP contribution in [0, 0.1) is 0 Å². The van der Waals surface area contributed by atoms with E-state index in [1.807, 2.05) is 11.4 Å². The number of ether oxygens (including phenoxy) is 1. The summed E-state index contributed by atoms with van der Waals surface area (Å²) in [6.45, 7) is 2.06. The van der Waals surface area contributed by atoms with Crippen LogP contribution in [-0.2, 0) is 9.53 Å². The van der Waals surface area contributed by atoms with Crippen molar-refractivity contribution in [2.75, 3.05) is 12.9 Å². The number of hydrogen-bond acceptors (Lipinski definition) is 5. The minimum Gasteiger partial charge on any atom is -0.468 e. The lowest BCUT2D eigenvalue weighted by atomic mass is 10.1. The molecule has 0 saturated carbocycles. The first-order valence-corrected chi connectivity index (χ1v) is 7.09. The van der Waals surface area contributed by atoms with Crippen LogP contribution in [0.5, 0.6) is 0 Å². The van der Waals surface area contributed by atoms with Crippen LogP contribution in [-0.4, -0.2) is 24.9 Å². The highest BCUT2D eigenvalue weighted by molar-refractivity contribution is 8.00. The Morgan fingerprint density at radius 2 is 2.44 bits per heavy atom. The first-order valence-electron chi connectivity index (χ1n) is 5.16. The number of thioether (sulfide) groups is 1. The fourth-order valence-electron chi connectivity index (χ4n) is 1.30. The summed E-state index contributed by atoms with van der Waals surface area (Å²) < 4.78 is 4.63. The van der Waals surface area contributed by atoms with Gasteiger partial charge < -0.3 is 10.5 Å². The van der Waals surface area contributed by atoms with Crippen molar-refractivity contribution < 1.29 is 9.53 Å². The maximum absolute atomic E-state index is 11.1. The molecule has 0 fully saturated rings. The first-order chi connectivity index (χ1) is 7.69. The van der Waals surface area contributed by atoms with Gasteiger partial charge in [0.15, 0.2) is 0 Å². The van der Waals surface area contributed by atoms with Crippen molar-refractivity contribution in [3.63, 3.8) is 0 Å². The van der Waals surface area contributed by atoms with Crippen LogP contribution in [0.3, 0.4) is 0 Å². The zero-order valence-corrected chi connectivity index (χ0v) is 11.1. The lowest BCUT2D eigenvalue weighted by molar-refractivity contribution is -0.137. The fourth-order valence-corrected chi connectivity index (χ4v) is 3.57. The van der Waals surface area contributed by atoms with Gasteiger partial charge >= 0.3 is 5.97 Å². The van der Waals surface area contributed by atoms with Crippen LogP contribution in [0.4, 0.5) is 0 Å².